The van der Waals surface area contributed by atoms with Crippen molar-refractivity contribution in [3.05, 3.63) is 41.6 Å². The quantitative estimate of drug-likeness (QED) is 0.523. The molecular formula is C21H22F3N3O4. The maximum atomic E-state index is 13.3. The van der Waals surface area contributed by atoms with Crippen molar-refractivity contribution in [2.24, 2.45) is 0 Å². The predicted molar refractivity (Wildman–Crippen MR) is 107 cm³/mol. The molecule has 0 N–H and O–H groups in total. The maximum absolute atomic E-state index is 13.3. The first-order valence-electron chi connectivity index (χ1n) is 9.33. The van der Waals surface area contributed by atoms with Crippen LogP contribution in [0.15, 0.2) is 30.5 Å². The van der Waals surface area contributed by atoms with Crippen LogP contribution in [0.25, 0.3) is 22.3 Å². The van der Waals surface area contributed by atoms with E-state index < -0.39 is 23.4 Å². The minimum atomic E-state index is -4.55. The third-order valence-corrected chi connectivity index (χ3v) is 4.25. The van der Waals surface area contributed by atoms with Crippen molar-refractivity contribution in [2.45, 2.75) is 39.5 Å². The number of benzene rings is 1. The zero-order valence-electron chi connectivity index (χ0n) is 17.7. The summed E-state index contributed by atoms with van der Waals surface area (Å²) in [6, 6.07) is 5.05. The maximum Gasteiger partial charge on any atom is 0.419 e. The van der Waals surface area contributed by atoms with E-state index in [1.165, 1.54) is 24.8 Å². The molecule has 3 rings (SSSR count). The number of halogens is 3. The van der Waals surface area contributed by atoms with E-state index in [0.29, 0.717) is 16.6 Å². The lowest BCUT2D eigenvalue weighted by molar-refractivity contribution is -0.137. The summed E-state index contributed by atoms with van der Waals surface area (Å²) in [4.78, 5) is 12.5. The Labute approximate surface area is 176 Å². The van der Waals surface area contributed by atoms with Crippen molar-refractivity contribution in [3.8, 4) is 17.0 Å². The molecule has 0 spiro atoms. The molecule has 0 radical (unpaired) electrons. The molecule has 0 unspecified atom stereocenters. The second kappa shape index (κ2) is 8.18. The topological polar surface area (TPSA) is 75.5 Å². The summed E-state index contributed by atoms with van der Waals surface area (Å²) >= 11 is 0. The SMILES string of the molecule is COCOc1cc(C(F)(F)F)cc(C)c1-c1cc2c(ccn2C(=O)OC(C)(C)C)nn1. The lowest BCUT2D eigenvalue weighted by atomic mass is 10.0. The van der Waals surface area contributed by atoms with E-state index >= 15 is 0 Å². The minimum absolute atomic E-state index is 0.0572. The van der Waals surface area contributed by atoms with Gasteiger partial charge in [-0.1, -0.05) is 0 Å². The highest BCUT2D eigenvalue weighted by molar-refractivity contribution is 5.89. The molecule has 0 aliphatic rings. The Bertz CT molecular complexity index is 1120. The molecule has 10 heteroatoms. The molecule has 1 aromatic carbocycles. The van der Waals surface area contributed by atoms with Gasteiger partial charge in [0.1, 0.15) is 16.9 Å². The van der Waals surface area contributed by atoms with Crippen LogP contribution in [0.3, 0.4) is 0 Å². The lowest BCUT2D eigenvalue weighted by Gasteiger charge is -2.20. The zero-order valence-corrected chi connectivity index (χ0v) is 17.7. The number of hydrogen-bond donors (Lipinski definition) is 0. The van der Waals surface area contributed by atoms with Crippen LogP contribution in [0.5, 0.6) is 5.75 Å². The number of nitrogens with zero attached hydrogens (tertiary/aromatic N) is 3. The molecule has 2 aromatic heterocycles. The van der Waals surface area contributed by atoms with Gasteiger partial charge in [-0.15, -0.1) is 10.2 Å². The summed E-state index contributed by atoms with van der Waals surface area (Å²) < 4.78 is 56.8. The standard InChI is InChI=1S/C21H22F3N3O4/c1-12-8-13(21(22,23)24)9-17(30-11-29-5)18(12)15-10-16-14(25-26-15)6-7-27(16)19(28)31-20(2,3)4/h6-10H,11H2,1-5H3. The van der Waals surface area contributed by atoms with Gasteiger partial charge in [0, 0.05) is 18.9 Å². The van der Waals surface area contributed by atoms with Gasteiger partial charge >= 0.3 is 12.3 Å². The van der Waals surface area contributed by atoms with E-state index in [-0.39, 0.29) is 23.8 Å². The molecule has 7 nitrogen and oxygen atoms in total. The van der Waals surface area contributed by atoms with Crippen LogP contribution in [-0.2, 0) is 15.7 Å². The van der Waals surface area contributed by atoms with Gasteiger partial charge in [0.15, 0.2) is 6.79 Å². The van der Waals surface area contributed by atoms with Gasteiger partial charge in [0.05, 0.1) is 16.8 Å². The number of rotatable bonds is 4. The molecule has 0 saturated carbocycles. The average molecular weight is 437 g/mol. The van der Waals surface area contributed by atoms with E-state index in [1.54, 1.807) is 32.9 Å². The summed E-state index contributed by atoms with van der Waals surface area (Å²) in [6.07, 6.45) is -3.66. The third-order valence-electron chi connectivity index (χ3n) is 4.25. The van der Waals surface area contributed by atoms with Gasteiger partial charge in [-0.05, 0) is 57.5 Å². The Morgan fingerprint density at radius 2 is 1.84 bits per heavy atom. The molecule has 166 valence electrons. The molecule has 0 aliphatic carbocycles. The Morgan fingerprint density at radius 1 is 1.13 bits per heavy atom. The fourth-order valence-corrected chi connectivity index (χ4v) is 3.00. The molecular weight excluding hydrogens is 415 g/mol. The van der Waals surface area contributed by atoms with E-state index in [4.69, 9.17) is 14.2 Å². The van der Waals surface area contributed by atoms with Crippen LogP contribution < -0.4 is 4.74 Å². The number of carbonyl (C=O) groups is 1. The first-order valence-corrected chi connectivity index (χ1v) is 9.33. The molecule has 3 aromatic rings. The van der Waals surface area contributed by atoms with E-state index in [2.05, 4.69) is 10.2 Å². The fourth-order valence-electron chi connectivity index (χ4n) is 3.00. The third kappa shape index (κ3) is 4.96. The van der Waals surface area contributed by atoms with Gasteiger partial charge in [-0.3, -0.25) is 4.57 Å². The molecule has 0 aliphatic heterocycles. The van der Waals surface area contributed by atoms with Gasteiger partial charge in [-0.2, -0.15) is 13.2 Å². The molecule has 2 heterocycles. The van der Waals surface area contributed by atoms with Gasteiger partial charge in [-0.25, -0.2) is 4.79 Å². The summed E-state index contributed by atoms with van der Waals surface area (Å²) in [5.74, 6) is -0.0572. The van der Waals surface area contributed by atoms with Crippen molar-refractivity contribution in [1.29, 1.82) is 0 Å². The summed E-state index contributed by atoms with van der Waals surface area (Å²) in [6.45, 7) is 6.49. The highest BCUT2D eigenvalue weighted by Crippen LogP contribution is 2.39. The van der Waals surface area contributed by atoms with Crippen LogP contribution >= 0.6 is 0 Å². The van der Waals surface area contributed by atoms with E-state index in [0.717, 1.165) is 12.1 Å². The number of alkyl halides is 3. The van der Waals surface area contributed by atoms with Crippen molar-refractivity contribution < 1.29 is 32.2 Å². The highest BCUT2D eigenvalue weighted by atomic mass is 19.4. The monoisotopic (exact) mass is 437 g/mol. The average Bonchev–Trinajstić information content (AvgIpc) is 3.07. The van der Waals surface area contributed by atoms with Crippen LogP contribution in [0, 0.1) is 6.92 Å². The second-order valence-electron chi connectivity index (χ2n) is 7.88. The van der Waals surface area contributed by atoms with E-state index in [1.807, 2.05) is 0 Å². The summed E-state index contributed by atoms with van der Waals surface area (Å²) in [7, 11) is 1.36. The lowest BCUT2D eigenvalue weighted by Crippen LogP contribution is -2.26. The number of aryl methyl sites for hydroxylation is 1. The van der Waals surface area contributed by atoms with Crippen LogP contribution in [0.1, 0.15) is 31.9 Å². The molecule has 31 heavy (non-hydrogen) atoms. The molecule has 0 bridgehead atoms. The number of hydrogen-bond acceptors (Lipinski definition) is 6. The van der Waals surface area contributed by atoms with Crippen molar-refractivity contribution in [3.63, 3.8) is 0 Å². The van der Waals surface area contributed by atoms with Gasteiger partial charge in [0.25, 0.3) is 0 Å². The summed E-state index contributed by atoms with van der Waals surface area (Å²) in [5, 5.41) is 8.23. The molecule has 0 atom stereocenters. The van der Waals surface area contributed by atoms with Crippen LogP contribution in [0.2, 0.25) is 0 Å². The summed E-state index contributed by atoms with van der Waals surface area (Å²) in [5.41, 5.74) is 0.109. The predicted octanol–water partition coefficient (Wildman–Crippen LogP) is 5.19. The first-order chi connectivity index (χ1) is 14.4. The van der Waals surface area contributed by atoms with Crippen molar-refractivity contribution >= 4 is 17.1 Å². The Kier molecular flexibility index (Phi) is 5.95. The largest absolute Gasteiger partial charge is 0.467 e. The van der Waals surface area contributed by atoms with Gasteiger partial charge in [0.2, 0.25) is 0 Å². The van der Waals surface area contributed by atoms with Gasteiger partial charge < -0.3 is 14.2 Å². The second-order valence-corrected chi connectivity index (χ2v) is 7.88. The van der Waals surface area contributed by atoms with Crippen LogP contribution in [-0.4, -0.2) is 40.4 Å². The minimum Gasteiger partial charge on any atom is -0.467 e. The van der Waals surface area contributed by atoms with Crippen LogP contribution in [0.4, 0.5) is 18.0 Å². The molecule has 0 fully saturated rings. The Morgan fingerprint density at radius 3 is 2.45 bits per heavy atom. The number of aromatic nitrogens is 3. The molecule has 0 saturated heterocycles. The van der Waals surface area contributed by atoms with Crippen molar-refractivity contribution in [2.75, 3.05) is 13.9 Å². The molecule has 0 amide bonds. The Hall–Kier alpha value is -3.14. The Balaban J connectivity index is 2.14. The number of carbonyl (C=O) groups excluding carboxylic acids is 1. The highest BCUT2D eigenvalue weighted by Gasteiger charge is 2.32. The van der Waals surface area contributed by atoms with Crippen molar-refractivity contribution in [1.82, 2.24) is 14.8 Å². The zero-order chi connectivity index (χ0) is 23.0. The smallest absolute Gasteiger partial charge is 0.419 e. The number of methoxy groups -OCH3 is 1. The van der Waals surface area contributed by atoms with E-state index in [9.17, 15) is 18.0 Å². The number of ether oxygens (including phenoxy) is 3. The fraction of sp³-hybridized carbons (Fsp3) is 0.381. The first kappa shape index (κ1) is 22.5. The normalized spacial score (nSPS) is 12.3. The number of fused-ring (bicyclic) bond motifs is 1.